The molecule has 138 valence electrons. The second-order valence-corrected chi connectivity index (χ2v) is 6.60. The minimum atomic E-state index is -0.343. The normalized spacial score (nSPS) is 16.7. The van der Waals surface area contributed by atoms with Crippen molar-refractivity contribution < 1.29 is 9.18 Å². The van der Waals surface area contributed by atoms with Crippen molar-refractivity contribution in [3.63, 3.8) is 0 Å². The van der Waals surface area contributed by atoms with Crippen LogP contribution < -0.4 is 5.73 Å². The van der Waals surface area contributed by atoms with Crippen LogP contribution in [-0.4, -0.2) is 37.1 Å². The van der Waals surface area contributed by atoms with Crippen LogP contribution in [0.3, 0.4) is 0 Å². The number of hydrogen-bond donors (Lipinski definition) is 1. The van der Waals surface area contributed by atoms with Gasteiger partial charge in [-0.15, -0.1) is 0 Å². The molecule has 8 heteroatoms. The molecule has 0 radical (unpaired) electrons. The maximum absolute atomic E-state index is 13.7. The predicted octanol–water partition coefficient (Wildman–Crippen LogP) is 2.58. The number of benzene rings is 1. The summed E-state index contributed by atoms with van der Waals surface area (Å²) in [6.45, 7) is 0.616. The number of aromatic nitrogens is 4. The number of carbonyl (C=O) groups excluding carboxylic acids is 1. The van der Waals surface area contributed by atoms with E-state index in [1.165, 1.54) is 12.1 Å². The van der Waals surface area contributed by atoms with Gasteiger partial charge in [0.05, 0.1) is 23.5 Å². The third kappa shape index (κ3) is 3.25. The lowest BCUT2D eigenvalue weighted by atomic mass is 9.99. The van der Waals surface area contributed by atoms with Gasteiger partial charge in [-0.05, 0) is 30.5 Å². The Kier molecular flexibility index (Phi) is 4.31. The highest BCUT2D eigenvalue weighted by molar-refractivity contribution is 5.94. The molecule has 2 N–H and O–H groups in total. The molecule has 4 rings (SSSR count). The van der Waals surface area contributed by atoms with E-state index in [2.05, 4.69) is 15.1 Å². The molecule has 0 spiro atoms. The Morgan fingerprint density at radius 2 is 2.19 bits per heavy atom. The topological polar surface area (TPSA) is 89.9 Å². The van der Waals surface area contributed by atoms with Crippen molar-refractivity contribution in [1.29, 1.82) is 0 Å². The van der Waals surface area contributed by atoms with Gasteiger partial charge in [0.15, 0.2) is 0 Å². The van der Waals surface area contributed by atoms with Gasteiger partial charge >= 0.3 is 0 Å². The summed E-state index contributed by atoms with van der Waals surface area (Å²) in [5.74, 6) is -0.316. The lowest BCUT2D eigenvalue weighted by molar-refractivity contribution is 0.0733. The summed E-state index contributed by atoms with van der Waals surface area (Å²) < 4.78 is 15.3. The zero-order valence-corrected chi connectivity index (χ0v) is 14.8. The number of rotatable bonds is 3. The average Bonchev–Trinajstić information content (AvgIpc) is 3.30. The van der Waals surface area contributed by atoms with Crippen molar-refractivity contribution in [3.8, 4) is 11.1 Å². The molecular formula is C19H19FN6O. The van der Waals surface area contributed by atoms with Crippen LogP contribution in [0.4, 0.5) is 10.3 Å². The molecule has 1 aromatic carbocycles. The van der Waals surface area contributed by atoms with E-state index in [0.717, 1.165) is 12.8 Å². The molecule has 3 aromatic rings. The van der Waals surface area contributed by atoms with Gasteiger partial charge in [-0.2, -0.15) is 5.10 Å². The number of nitrogens with zero attached hydrogens (tertiary/aromatic N) is 5. The lowest BCUT2D eigenvalue weighted by Gasteiger charge is -2.25. The first-order valence-corrected chi connectivity index (χ1v) is 8.71. The molecule has 7 nitrogen and oxygen atoms in total. The summed E-state index contributed by atoms with van der Waals surface area (Å²) in [7, 11) is 1.77. The van der Waals surface area contributed by atoms with Crippen molar-refractivity contribution in [2.45, 2.75) is 18.9 Å². The maximum Gasteiger partial charge on any atom is 0.257 e. The summed E-state index contributed by atoms with van der Waals surface area (Å²) in [6.07, 6.45) is 6.45. The van der Waals surface area contributed by atoms with Crippen LogP contribution in [0.25, 0.3) is 11.1 Å². The molecule has 3 heterocycles. The molecule has 1 aliphatic rings. The summed E-state index contributed by atoms with van der Waals surface area (Å²) in [4.78, 5) is 23.2. The van der Waals surface area contributed by atoms with Gasteiger partial charge in [-0.25, -0.2) is 14.4 Å². The van der Waals surface area contributed by atoms with Crippen molar-refractivity contribution in [1.82, 2.24) is 24.6 Å². The molecule has 2 aromatic heterocycles. The Morgan fingerprint density at radius 3 is 2.93 bits per heavy atom. The number of anilines is 1. The van der Waals surface area contributed by atoms with Crippen LogP contribution in [0.1, 0.15) is 34.9 Å². The average molecular weight is 366 g/mol. The quantitative estimate of drug-likeness (QED) is 0.769. The Labute approximate surface area is 155 Å². The smallest absolute Gasteiger partial charge is 0.257 e. The van der Waals surface area contributed by atoms with E-state index >= 15 is 0 Å². The fourth-order valence-corrected chi connectivity index (χ4v) is 3.53. The summed E-state index contributed by atoms with van der Waals surface area (Å²) in [5.41, 5.74) is 8.33. The van der Waals surface area contributed by atoms with Gasteiger partial charge < -0.3 is 10.6 Å². The van der Waals surface area contributed by atoms with Crippen molar-refractivity contribution in [2.24, 2.45) is 7.05 Å². The first-order valence-electron chi connectivity index (χ1n) is 8.71. The van der Waals surface area contributed by atoms with Gasteiger partial charge in [0.2, 0.25) is 5.95 Å². The van der Waals surface area contributed by atoms with Crippen LogP contribution >= 0.6 is 0 Å². The second-order valence-electron chi connectivity index (χ2n) is 6.60. The van der Waals surface area contributed by atoms with Crippen molar-refractivity contribution in [2.75, 3.05) is 12.3 Å². The number of carbonyl (C=O) groups is 1. The Bertz CT molecular complexity index is 1000. The van der Waals surface area contributed by atoms with Crippen LogP contribution in [0.2, 0.25) is 0 Å². The second kappa shape index (κ2) is 6.79. The third-order valence-electron chi connectivity index (χ3n) is 4.75. The highest BCUT2D eigenvalue weighted by Crippen LogP contribution is 2.37. The first-order chi connectivity index (χ1) is 13.0. The molecule has 1 atom stereocenters. The molecule has 1 saturated heterocycles. The molecule has 0 aliphatic carbocycles. The van der Waals surface area contributed by atoms with Crippen LogP contribution in [0.15, 0.2) is 42.9 Å². The van der Waals surface area contributed by atoms with Crippen LogP contribution in [0.5, 0.6) is 0 Å². The number of nitrogen functional groups attached to an aromatic ring is 1. The maximum atomic E-state index is 13.7. The molecule has 1 amide bonds. The largest absolute Gasteiger partial charge is 0.368 e. The van der Waals surface area contributed by atoms with Crippen molar-refractivity contribution >= 4 is 11.9 Å². The fourth-order valence-electron chi connectivity index (χ4n) is 3.53. The van der Waals surface area contributed by atoms with E-state index in [9.17, 15) is 9.18 Å². The number of aryl methyl sites for hydroxylation is 1. The van der Waals surface area contributed by atoms with Gasteiger partial charge in [0.1, 0.15) is 5.82 Å². The summed E-state index contributed by atoms with van der Waals surface area (Å²) >= 11 is 0. The minimum Gasteiger partial charge on any atom is -0.368 e. The molecular weight excluding hydrogens is 347 g/mol. The number of likely N-dealkylation sites (tertiary alicyclic amines) is 1. The van der Waals surface area contributed by atoms with Crippen LogP contribution in [-0.2, 0) is 7.05 Å². The standard InChI is InChI=1S/C19H19FN6O/c1-25-11-13(9-23-25)18(27)26-7-3-6-16(26)17-15(10-22-19(21)24-17)12-4-2-5-14(20)8-12/h2,4-5,8-11,16H,3,6-7H2,1H3,(H2,21,22,24). The van der Waals surface area contributed by atoms with E-state index in [-0.39, 0.29) is 23.7 Å². The van der Waals surface area contributed by atoms with Gasteiger partial charge in [0, 0.05) is 31.5 Å². The van der Waals surface area contributed by atoms with Crippen LogP contribution in [0, 0.1) is 5.82 Å². The first kappa shape index (κ1) is 17.1. The molecule has 27 heavy (non-hydrogen) atoms. The van der Waals surface area contributed by atoms with E-state index in [0.29, 0.717) is 28.9 Å². The van der Waals surface area contributed by atoms with Gasteiger partial charge in [-0.3, -0.25) is 9.48 Å². The Morgan fingerprint density at radius 1 is 1.33 bits per heavy atom. The molecule has 0 bridgehead atoms. The molecule has 1 fully saturated rings. The Hall–Kier alpha value is -3.29. The zero-order valence-electron chi connectivity index (χ0n) is 14.8. The lowest BCUT2D eigenvalue weighted by Crippen LogP contribution is -2.31. The van der Waals surface area contributed by atoms with Crippen molar-refractivity contribution in [3.05, 3.63) is 59.9 Å². The summed E-state index contributed by atoms with van der Waals surface area (Å²) in [6, 6.07) is 6.00. The third-order valence-corrected chi connectivity index (χ3v) is 4.75. The minimum absolute atomic E-state index is 0.104. The fraction of sp³-hybridized carbons (Fsp3) is 0.263. The highest BCUT2D eigenvalue weighted by atomic mass is 19.1. The SMILES string of the molecule is Cn1cc(C(=O)N2CCCC2c2nc(N)ncc2-c2cccc(F)c2)cn1. The molecule has 0 saturated carbocycles. The molecule has 1 aliphatic heterocycles. The summed E-state index contributed by atoms with van der Waals surface area (Å²) in [5, 5.41) is 4.08. The zero-order chi connectivity index (χ0) is 19.0. The highest BCUT2D eigenvalue weighted by Gasteiger charge is 2.34. The molecule has 1 unspecified atom stereocenters. The van der Waals surface area contributed by atoms with Gasteiger partial charge in [-0.1, -0.05) is 12.1 Å². The number of amides is 1. The number of nitrogens with two attached hydrogens (primary N) is 1. The van der Waals surface area contributed by atoms with E-state index in [1.807, 2.05) is 0 Å². The number of hydrogen-bond acceptors (Lipinski definition) is 5. The van der Waals surface area contributed by atoms with E-state index in [4.69, 9.17) is 5.73 Å². The van der Waals surface area contributed by atoms with Gasteiger partial charge in [0.25, 0.3) is 5.91 Å². The number of halogens is 1. The predicted molar refractivity (Wildman–Crippen MR) is 98.1 cm³/mol. The Balaban J connectivity index is 1.75. The van der Waals surface area contributed by atoms with E-state index < -0.39 is 0 Å². The monoisotopic (exact) mass is 366 g/mol. The van der Waals surface area contributed by atoms with E-state index in [1.54, 1.807) is 47.4 Å².